The summed E-state index contributed by atoms with van der Waals surface area (Å²) in [5, 5.41) is 2.80. The van der Waals surface area contributed by atoms with E-state index in [0.29, 0.717) is 19.7 Å². The van der Waals surface area contributed by atoms with Crippen molar-refractivity contribution >= 4 is 32.2 Å². The number of amides is 1. The van der Waals surface area contributed by atoms with E-state index >= 15 is 0 Å². The van der Waals surface area contributed by atoms with Gasteiger partial charge in [-0.2, -0.15) is 26.3 Å². The van der Waals surface area contributed by atoms with Gasteiger partial charge in [0.15, 0.2) is 20.0 Å². The Kier molecular flexibility index (Phi) is 22.6. The highest BCUT2D eigenvalue weighted by atomic mass is 32.3. The van der Waals surface area contributed by atoms with Crippen molar-refractivity contribution < 1.29 is 62.0 Å². The van der Waals surface area contributed by atoms with Gasteiger partial charge in [-0.3, -0.25) is 0 Å². The second-order valence-corrected chi connectivity index (χ2v) is 13.4. The molecule has 0 radical (unpaired) electrons. The molecule has 0 aliphatic heterocycles. The molecular weight excluding hydrogens is 646 g/mol. The number of sulfonamides is 2. The number of quaternary nitrogens is 1. The number of isocyanates is 1. The topological polar surface area (TPSA) is 150 Å². The van der Waals surface area contributed by atoms with E-state index in [4.69, 9.17) is 4.74 Å². The molecule has 0 fully saturated rings. The molecular formula is C25H46F6N4O7S2. The minimum atomic E-state index is -6.72. The van der Waals surface area contributed by atoms with Crippen molar-refractivity contribution in [2.24, 2.45) is 4.99 Å². The number of carbonyl (C=O) groups excluding carboxylic acids is 2. The zero-order chi connectivity index (χ0) is 34.3. The predicted octanol–water partition coefficient (Wildman–Crippen LogP) is 6.28. The van der Waals surface area contributed by atoms with Gasteiger partial charge in [-0.15, -0.1) is 0 Å². The summed E-state index contributed by atoms with van der Waals surface area (Å²) in [5.41, 5.74) is -12.4. The lowest BCUT2D eigenvalue weighted by molar-refractivity contribution is -0.928. The molecule has 0 saturated carbocycles. The molecule has 0 aliphatic carbocycles. The van der Waals surface area contributed by atoms with Crippen LogP contribution in [-0.4, -0.2) is 90.4 Å². The van der Waals surface area contributed by atoms with E-state index in [1.165, 1.54) is 62.8 Å². The number of ether oxygens (including phenoxy) is 1. The number of alkyl carbamates (subject to hydrolysis) is 1. The molecule has 0 rings (SSSR count). The zero-order valence-corrected chi connectivity index (χ0v) is 27.1. The first-order valence-electron chi connectivity index (χ1n) is 14.5. The quantitative estimate of drug-likeness (QED) is 0.0462. The Hall–Kier alpha value is -1.95. The molecule has 0 heterocycles. The van der Waals surface area contributed by atoms with Gasteiger partial charge in [0.25, 0.3) is 0 Å². The fourth-order valence-electron chi connectivity index (χ4n) is 4.33. The maximum absolute atomic E-state index is 11.7. The van der Waals surface area contributed by atoms with E-state index < -0.39 is 31.1 Å². The van der Waals surface area contributed by atoms with Crippen molar-refractivity contribution in [2.75, 3.05) is 45.9 Å². The monoisotopic (exact) mass is 692 g/mol. The van der Waals surface area contributed by atoms with E-state index in [9.17, 15) is 52.8 Å². The Morgan fingerprint density at radius 1 is 0.750 bits per heavy atom. The van der Waals surface area contributed by atoms with Crippen LogP contribution in [0.3, 0.4) is 0 Å². The second kappa shape index (κ2) is 22.5. The van der Waals surface area contributed by atoms with E-state index in [-0.39, 0.29) is 6.09 Å². The number of nitrogens with zero attached hydrogens (tertiary/aromatic N) is 3. The smallest absolute Gasteiger partial charge is 0.450 e. The third-order valence-electron chi connectivity index (χ3n) is 6.17. The molecule has 0 aliphatic rings. The number of halogens is 6. The van der Waals surface area contributed by atoms with Gasteiger partial charge in [0.2, 0.25) is 6.08 Å². The van der Waals surface area contributed by atoms with Gasteiger partial charge in [-0.05, 0) is 57.8 Å². The van der Waals surface area contributed by atoms with Gasteiger partial charge in [0.05, 0.1) is 39.3 Å². The number of rotatable bonds is 22. The van der Waals surface area contributed by atoms with Gasteiger partial charge in [-0.25, -0.2) is 31.4 Å². The average molecular weight is 693 g/mol. The van der Waals surface area contributed by atoms with Gasteiger partial charge in [0.1, 0.15) is 0 Å². The maximum Gasteiger partial charge on any atom is 0.480 e. The predicted molar refractivity (Wildman–Crippen MR) is 153 cm³/mol. The molecule has 1 amide bonds. The van der Waals surface area contributed by atoms with E-state index in [2.05, 4.69) is 31.1 Å². The number of alkyl halides is 6. The van der Waals surface area contributed by atoms with Crippen LogP contribution < -0.4 is 5.32 Å². The Labute approximate surface area is 256 Å². The lowest BCUT2D eigenvalue weighted by atomic mass is 10.1. The van der Waals surface area contributed by atoms with Crippen molar-refractivity contribution in [1.29, 1.82) is 0 Å². The van der Waals surface area contributed by atoms with Crippen molar-refractivity contribution in [1.82, 2.24) is 5.32 Å². The van der Waals surface area contributed by atoms with Gasteiger partial charge in [-0.1, -0.05) is 33.6 Å². The van der Waals surface area contributed by atoms with E-state index in [0.717, 1.165) is 42.7 Å². The minimum Gasteiger partial charge on any atom is -0.450 e. The first-order chi connectivity index (χ1) is 20.3. The summed E-state index contributed by atoms with van der Waals surface area (Å²) < 4.78 is 116. The van der Waals surface area contributed by atoms with Crippen LogP contribution in [0, 0.1) is 0 Å². The fourth-order valence-corrected chi connectivity index (χ4v) is 6.04. The van der Waals surface area contributed by atoms with Gasteiger partial charge < -0.3 is 18.7 Å². The molecule has 19 heteroatoms. The normalized spacial score (nSPS) is 12.6. The summed E-state index contributed by atoms with van der Waals surface area (Å²) in [6.07, 6.45) is 13.4. The standard InChI is InChI=1S/C23H45N3O3.C2F6NO4S2/c1-4-17-26(18-5-2,19-6-3)20-13-9-10-14-21-29-23(28)25-16-12-8-7-11-15-24-22-27;3-1(4,5)14(10,11)9-15(12,13)2(6,7)8/h4-21H2,1-3H3;/q;-1/p+1. The molecule has 1 N–H and O–H groups in total. The lowest BCUT2D eigenvalue weighted by Gasteiger charge is -2.38. The molecule has 0 aromatic rings. The average Bonchev–Trinajstić information content (AvgIpc) is 2.88. The molecule has 0 aromatic heterocycles. The van der Waals surface area contributed by atoms with Gasteiger partial charge in [0, 0.05) is 6.54 Å². The molecule has 0 spiro atoms. The minimum absolute atomic E-state index is 0.305. The maximum atomic E-state index is 11.7. The summed E-state index contributed by atoms with van der Waals surface area (Å²) in [6.45, 7) is 13.8. The van der Waals surface area contributed by atoms with Crippen molar-refractivity contribution in [3.8, 4) is 0 Å². The highest BCUT2D eigenvalue weighted by Gasteiger charge is 2.47. The number of hydrogen-bond donors (Lipinski definition) is 1. The highest BCUT2D eigenvalue weighted by molar-refractivity contribution is 8.13. The SMILES string of the molecule is CCC[N+](CCC)(CCC)CCCCCCOC(=O)NCCCCCCN=C=O.O=S(=O)([N-]S(=O)(=O)C(F)(F)F)C(F)(F)F. The first-order valence-corrected chi connectivity index (χ1v) is 17.4. The lowest BCUT2D eigenvalue weighted by Crippen LogP contribution is -2.50. The Morgan fingerprint density at radius 3 is 1.66 bits per heavy atom. The molecule has 262 valence electrons. The van der Waals surface area contributed by atoms with Crippen molar-refractivity contribution in [3.63, 3.8) is 0 Å². The van der Waals surface area contributed by atoms with Crippen LogP contribution in [0.25, 0.3) is 4.13 Å². The fraction of sp³-hybridized carbons (Fsp3) is 0.920. The largest absolute Gasteiger partial charge is 0.480 e. The van der Waals surface area contributed by atoms with E-state index in [1.807, 2.05) is 0 Å². The van der Waals surface area contributed by atoms with Crippen LogP contribution in [0.15, 0.2) is 4.99 Å². The van der Waals surface area contributed by atoms with Crippen molar-refractivity contribution in [3.05, 3.63) is 4.13 Å². The Bertz CT molecular complexity index is 991. The molecule has 0 aromatic carbocycles. The zero-order valence-electron chi connectivity index (χ0n) is 25.5. The van der Waals surface area contributed by atoms with Crippen LogP contribution in [0.4, 0.5) is 31.1 Å². The number of hydrogen-bond acceptors (Lipinski definition) is 8. The van der Waals surface area contributed by atoms with Crippen LogP contribution >= 0.6 is 0 Å². The number of nitrogens with one attached hydrogen (secondary N) is 1. The summed E-state index contributed by atoms with van der Waals surface area (Å²) >= 11 is 0. The molecule has 44 heavy (non-hydrogen) atoms. The van der Waals surface area contributed by atoms with Gasteiger partial charge >= 0.3 is 17.1 Å². The number of aliphatic imine (C=N–C) groups is 1. The Balaban J connectivity index is 0. The molecule has 0 bridgehead atoms. The van der Waals surface area contributed by atoms with E-state index in [1.54, 1.807) is 6.08 Å². The molecule has 0 atom stereocenters. The summed E-state index contributed by atoms with van der Waals surface area (Å²) in [4.78, 5) is 25.1. The number of unbranched alkanes of at least 4 members (excludes halogenated alkanes) is 6. The summed E-state index contributed by atoms with van der Waals surface area (Å²) in [5.74, 6) is 0. The number of carbonyl (C=O) groups is 1. The Morgan fingerprint density at radius 2 is 1.20 bits per heavy atom. The summed E-state index contributed by atoms with van der Waals surface area (Å²) in [7, 11) is -13.4. The molecule has 11 nitrogen and oxygen atoms in total. The molecule has 0 saturated heterocycles. The van der Waals surface area contributed by atoms with Crippen LogP contribution in [-0.2, 0) is 29.6 Å². The summed E-state index contributed by atoms with van der Waals surface area (Å²) in [6, 6.07) is 0. The molecule has 0 unspecified atom stereocenters. The van der Waals surface area contributed by atoms with Crippen LogP contribution in [0.1, 0.15) is 91.4 Å². The highest BCUT2D eigenvalue weighted by Crippen LogP contribution is 2.36. The second-order valence-electron chi connectivity index (χ2n) is 10.0. The van der Waals surface area contributed by atoms with Crippen molar-refractivity contribution in [2.45, 2.75) is 102 Å². The first kappa shape index (κ1) is 44.2. The third kappa shape index (κ3) is 20.2. The van der Waals surface area contributed by atoms with Crippen LogP contribution in [0.5, 0.6) is 0 Å². The third-order valence-corrected chi connectivity index (χ3v) is 8.91. The van der Waals surface area contributed by atoms with Crippen LogP contribution in [0.2, 0.25) is 0 Å².